The van der Waals surface area contributed by atoms with Gasteiger partial charge >= 0.3 is 12.4 Å². The van der Waals surface area contributed by atoms with Gasteiger partial charge in [-0.05, 0) is 62.3 Å². The molecule has 392 valence electrons. The van der Waals surface area contributed by atoms with Crippen molar-refractivity contribution in [2.24, 2.45) is 11.5 Å². The molecule has 24 heteroatoms. The lowest BCUT2D eigenvalue weighted by Crippen LogP contribution is -2.39. The Bertz CT molecular complexity index is 2890. The summed E-state index contributed by atoms with van der Waals surface area (Å²) in [7, 11) is 5.77. The van der Waals surface area contributed by atoms with Crippen LogP contribution in [0.15, 0.2) is 110 Å². The SMILES string of the molecule is COc1cc(OC)cc(N(C[C@@H](O)C(F)(F)F)c2ccc3ncc(-c4cnn(CCCN)c4)nc3c2)c1.COc1cc(OC)cc(N(C[C@H](O)C(F)(F)F)c2ccc3ncc(-c4cnn(CCCN)c4)nc3c2)c1. The summed E-state index contributed by atoms with van der Waals surface area (Å²) in [4.78, 5) is 20.9. The highest BCUT2D eigenvalue weighted by Gasteiger charge is 2.41. The number of alkyl halides is 6. The van der Waals surface area contributed by atoms with Crippen molar-refractivity contribution in [3.8, 4) is 45.5 Å². The molecule has 8 rings (SSSR count). The maximum Gasteiger partial charge on any atom is 0.416 e. The molecule has 0 aliphatic carbocycles. The zero-order valence-corrected chi connectivity index (χ0v) is 40.6. The fraction of sp³-hybridized carbons (Fsp3) is 0.320. The number of ether oxygens (including phenoxy) is 4. The number of hydrogen-bond donors (Lipinski definition) is 4. The van der Waals surface area contributed by atoms with Crippen LogP contribution in [0.3, 0.4) is 0 Å². The smallest absolute Gasteiger partial charge is 0.416 e. The van der Waals surface area contributed by atoms with Gasteiger partial charge in [-0.25, -0.2) is 9.97 Å². The van der Waals surface area contributed by atoms with Crippen molar-refractivity contribution in [1.82, 2.24) is 39.5 Å². The molecule has 0 saturated heterocycles. The molecule has 74 heavy (non-hydrogen) atoms. The number of anilines is 4. The minimum Gasteiger partial charge on any atom is -0.497 e. The Hall–Kier alpha value is -7.80. The number of aryl methyl sites for hydroxylation is 2. The van der Waals surface area contributed by atoms with Gasteiger partial charge in [0.1, 0.15) is 23.0 Å². The molecule has 4 heterocycles. The third-order valence-corrected chi connectivity index (χ3v) is 11.5. The monoisotopic (exact) mass is 1030 g/mol. The Balaban J connectivity index is 0.000000216. The molecule has 0 unspecified atom stereocenters. The average molecular weight is 1030 g/mol. The Morgan fingerprint density at radius 1 is 0.514 bits per heavy atom. The number of fused-ring (bicyclic) bond motifs is 2. The fourth-order valence-electron chi connectivity index (χ4n) is 7.53. The summed E-state index contributed by atoms with van der Waals surface area (Å²) in [6.07, 6.45) is -3.01. The maximum absolute atomic E-state index is 13.3. The first kappa shape index (κ1) is 54.0. The average Bonchev–Trinajstić information content (AvgIpc) is 4.09. The molecule has 0 aliphatic heterocycles. The van der Waals surface area contributed by atoms with E-state index in [0.29, 0.717) is 105 Å². The molecule has 0 fully saturated rings. The minimum absolute atomic E-state index is 0.337. The summed E-state index contributed by atoms with van der Waals surface area (Å²) in [6.45, 7) is 0.919. The molecule has 0 spiro atoms. The standard InChI is InChI=1S/2C25H27F3N6O3/c2*1-36-19-8-18(9-20(11-19)37-2)34(15-24(35)25(26,27)28)17-4-5-21-22(10-17)32-23(13-30-21)16-12-31-33(14-16)7-3-6-29/h2*4-5,8-14,24,35H,3,6-7,15,29H2,1-2H3/t2*24-/m10/s1. The van der Waals surface area contributed by atoms with E-state index in [9.17, 15) is 36.6 Å². The van der Waals surface area contributed by atoms with Crippen LogP contribution in [0.2, 0.25) is 0 Å². The molecule has 0 aliphatic rings. The highest BCUT2D eigenvalue weighted by Crippen LogP contribution is 2.38. The van der Waals surface area contributed by atoms with E-state index >= 15 is 0 Å². The number of benzene rings is 4. The highest BCUT2D eigenvalue weighted by atomic mass is 19.4. The van der Waals surface area contributed by atoms with Crippen molar-refractivity contribution in [3.63, 3.8) is 0 Å². The minimum atomic E-state index is -4.81. The number of nitrogens with two attached hydrogens (primary N) is 2. The molecule has 4 aromatic heterocycles. The normalized spacial score (nSPS) is 12.5. The van der Waals surface area contributed by atoms with E-state index in [4.69, 9.17) is 30.4 Å². The van der Waals surface area contributed by atoms with Gasteiger partial charge < -0.3 is 50.4 Å². The van der Waals surface area contributed by atoms with Crippen LogP contribution in [0, 0.1) is 0 Å². The van der Waals surface area contributed by atoms with Gasteiger partial charge in [-0.15, -0.1) is 0 Å². The van der Waals surface area contributed by atoms with Gasteiger partial charge in [0.15, 0.2) is 12.2 Å². The van der Waals surface area contributed by atoms with Gasteiger partial charge in [0.25, 0.3) is 0 Å². The number of aromatic nitrogens is 8. The predicted octanol–water partition coefficient (Wildman–Crippen LogP) is 7.84. The molecule has 6 N–H and O–H groups in total. The first-order valence-corrected chi connectivity index (χ1v) is 22.9. The zero-order valence-electron chi connectivity index (χ0n) is 40.6. The van der Waals surface area contributed by atoms with E-state index in [2.05, 4.69) is 30.1 Å². The number of aliphatic hydroxyl groups excluding tert-OH is 2. The van der Waals surface area contributed by atoms with E-state index in [1.165, 1.54) is 38.2 Å². The third kappa shape index (κ3) is 13.4. The Morgan fingerprint density at radius 2 is 0.878 bits per heavy atom. The second-order valence-corrected chi connectivity index (χ2v) is 16.6. The van der Waals surface area contributed by atoms with Crippen LogP contribution in [0.4, 0.5) is 49.1 Å². The summed E-state index contributed by atoms with van der Waals surface area (Å²) < 4.78 is 105. The quantitative estimate of drug-likeness (QED) is 0.0534. The van der Waals surface area contributed by atoms with Gasteiger partial charge in [0, 0.05) is 95.8 Å². The number of halogens is 6. The number of rotatable bonds is 20. The van der Waals surface area contributed by atoms with Gasteiger partial charge in [-0.1, -0.05) is 0 Å². The van der Waals surface area contributed by atoms with Crippen molar-refractivity contribution >= 4 is 44.8 Å². The number of aliphatic hydroxyl groups is 2. The number of nitrogens with zero attached hydrogens (tertiary/aromatic N) is 10. The van der Waals surface area contributed by atoms with E-state index in [1.807, 2.05) is 12.4 Å². The summed E-state index contributed by atoms with van der Waals surface area (Å²) >= 11 is 0. The predicted molar refractivity (Wildman–Crippen MR) is 266 cm³/mol. The van der Waals surface area contributed by atoms with Crippen molar-refractivity contribution < 1.29 is 55.5 Å². The second kappa shape index (κ2) is 23.8. The van der Waals surface area contributed by atoms with Crippen LogP contribution in [0.25, 0.3) is 44.6 Å². The largest absolute Gasteiger partial charge is 0.497 e. The van der Waals surface area contributed by atoms with Gasteiger partial charge in [-0.3, -0.25) is 19.3 Å². The van der Waals surface area contributed by atoms with Crippen molar-refractivity contribution in [1.29, 1.82) is 0 Å². The van der Waals surface area contributed by atoms with Crippen LogP contribution in [0.5, 0.6) is 23.0 Å². The second-order valence-electron chi connectivity index (χ2n) is 16.6. The van der Waals surface area contributed by atoms with Gasteiger partial charge in [0.05, 0.1) is 99.8 Å². The van der Waals surface area contributed by atoms with Crippen molar-refractivity contribution in [3.05, 3.63) is 110 Å². The number of methoxy groups -OCH3 is 4. The fourth-order valence-corrected chi connectivity index (χ4v) is 7.53. The van der Waals surface area contributed by atoms with Gasteiger partial charge in [-0.2, -0.15) is 36.5 Å². The van der Waals surface area contributed by atoms with Crippen LogP contribution < -0.4 is 40.2 Å². The first-order valence-electron chi connectivity index (χ1n) is 22.9. The molecule has 4 aromatic carbocycles. The molecule has 0 saturated carbocycles. The molecule has 0 amide bonds. The summed E-state index contributed by atoms with van der Waals surface area (Å²) in [5.41, 5.74) is 17.2. The van der Waals surface area contributed by atoms with Crippen LogP contribution in [0.1, 0.15) is 12.8 Å². The molecule has 18 nitrogen and oxygen atoms in total. The molecule has 8 aromatic rings. The Kier molecular flexibility index (Phi) is 17.4. The summed E-state index contributed by atoms with van der Waals surface area (Å²) in [6, 6.07) is 19.3. The maximum atomic E-state index is 13.3. The lowest BCUT2D eigenvalue weighted by Gasteiger charge is -2.29. The molecular weight excluding hydrogens is 979 g/mol. The molecule has 0 radical (unpaired) electrons. The summed E-state index contributed by atoms with van der Waals surface area (Å²) in [5.74, 6) is 1.54. The Morgan fingerprint density at radius 3 is 1.20 bits per heavy atom. The first-order chi connectivity index (χ1) is 35.4. The lowest BCUT2D eigenvalue weighted by molar-refractivity contribution is -0.200. The highest BCUT2D eigenvalue weighted by molar-refractivity contribution is 5.84. The Labute approximate surface area is 420 Å². The third-order valence-electron chi connectivity index (χ3n) is 11.5. The molecular formula is C50H54F6N12O6. The van der Waals surface area contributed by atoms with Crippen LogP contribution in [-0.2, 0) is 13.1 Å². The zero-order chi connectivity index (χ0) is 53.2. The van der Waals surface area contributed by atoms with E-state index in [-0.39, 0.29) is 0 Å². The summed E-state index contributed by atoms with van der Waals surface area (Å²) in [5, 5.41) is 28.5. The van der Waals surface area contributed by atoms with E-state index in [1.54, 1.807) is 107 Å². The van der Waals surface area contributed by atoms with E-state index < -0.39 is 37.7 Å². The van der Waals surface area contributed by atoms with E-state index in [0.717, 1.165) is 24.0 Å². The molecule has 0 bridgehead atoms. The number of hydrogen-bond acceptors (Lipinski definition) is 16. The van der Waals surface area contributed by atoms with Crippen molar-refractivity contribution in [2.75, 3.05) is 64.4 Å². The van der Waals surface area contributed by atoms with Crippen LogP contribution >= 0.6 is 0 Å². The van der Waals surface area contributed by atoms with Crippen LogP contribution in [-0.4, -0.2) is 129 Å². The lowest BCUT2D eigenvalue weighted by atomic mass is 10.1. The van der Waals surface area contributed by atoms with Gasteiger partial charge in [0.2, 0.25) is 0 Å². The van der Waals surface area contributed by atoms with Crippen molar-refractivity contribution in [2.45, 2.75) is 50.5 Å². The topological polar surface area (TPSA) is 223 Å². The molecule has 2 atom stereocenters.